The van der Waals surface area contributed by atoms with Crippen molar-refractivity contribution in [3.8, 4) is 0 Å². The lowest BCUT2D eigenvalue weighted by Crippen LogP contribution is -2.54. The number of halogens is 1. The zero-order valence-corrected chi connectivity index (χ0v) is 21.1. The van der Waals surface area contributed by atoms with E-state index >= 15 is 0 Å². The van der Waals surface area contributed by atoms with Crippen LogP contribution in [0, 0.1) is 0 Å². The van der Waals surface area contributed by atoms with E-state index in [1.165, 1.54) is 4.90 Å². The topological polar surface area (TPSA) is 52.7 Å². The maximum absolute atomic E-state index is 13.5. The van der Waals surface area contributed by atoms with Gasteiger partial charge in [0.05, 0.1) is 5.69 Å². The number of aryl methyl sites for hydroxylation is 1. The van der Waals surface area contributed by atoms with Crippen LogP contribution < -0.4 is 15.1 Å². The first kappa shape index (κ1) is 23.5. The molecule has 0 saturated carbocycles. The Morgan fingerprint density at radius 1 is 1.21 bits per heavy atom. The predicted octanol–water partition coefficient (Wildman–Crippen LogP) is 5.46. The molecule has 4 rings (SSSR count). The molecule has 7 heteroatoms. The molecule has 2 aromatic carbocycles. The van der Waals surface area contributed by atoms with E-state index in [-0.39, 0.29) is 16.2 Å². The fraction of sp³-hybridized carbons (Fsp3) is 0.346. The van der Waals surface area contributed by atoms with Crippen LogP contribution in [-0.2, 0) is 16.0 Å². The average molecular weight is 482 g/mol. The highest BCUT2D eigenvalue weighted by Crippen LogP contribution is 2.44. The van der Waals surface area contributed by atoms with Crippen LogP contribution in [0.15, 0.2) is 42.0 Å². The van der Waals surface area contributed by atoms with Crippen LogP contribution in [0.4, 0.5) is 11.4 Å². The van der Waals surface area contributed by atoms with Gasteiger partial charge in [-0.05, 0) is 85.8 Å². The minimum Gasteiger partial charge on any atom is -0.369 e. The van der Waals surface area contributed by atoms with Gasteiger partial charge in [-0.3, -0.25) is 19.8 Å². The monoisotopic (exact) mass is 481 g/mol. The third-order valence-electron chi connectivity index (χ3n) is 6.77. The molecule has 2 heterocycles. The van der Waals surface area contributed by atoms with Gasteiger partial charge in [-0.25, -0.2) is 0 Å². The molecule has 1 fully saturated rings. The molecule has 172 valence electrons. The number of hydrogen-bond acceptors (Lipinski definition) is 4. The zero-order chi connectivity index (χ0) is 24.1. The molecule has 0 aliphatic carbocycles. The number of benzene rings is 2. The lowest BCUT2D eigenvalue weighted by molar-refractivity contribution is -0.122. The Morgan fingerprint density at radius 3 is 2.61 bits per heavy atom. The smallest absolute Gasteiger partial charge is 0.270 e. The number of anilines is 2. The molecular formula is C26H28ClN3O2S. The van der Waals surface area contributed by atoms with Crippen LogP contribution in [0.3, 0.4) is 0 Å². The second kappa shape index (κ2) is 8.58. The van der Waals surface area contributed by atoms with Crippen molar-refractivity contribution in [2.45, 2.75) is 52.0 Å². The van der Waals surface area contributed by atoms with Gasteiger partial charge >= 0.3 is 0 Å². The zero-order valence-electron chi connectivity index (χ0n) is 19.5. The molecule has 5 nitrogen and oxygen atoms in total. The molecule has 2 aliphatic heterocycles. The lowest BCUT2D eigenvalue weighted by atomic mass is 9.80. The Balaban J connectivity index is 1.79. The number of amides is 2. The SMILES string of the molecule is CCc1ccccc1N1C(=O)/C(=C/c2cc3c(cc2Cl)N(C)C(C)(C)C[C@H]3C)C(=O)NC1=S. The number of fused-ring (bicyclic) bond motifs is 1. The van der Waals surface area contributed by atoms with Crippen LogP contribution >= 0.6 is 23.8 Å². The Bertz CT molecular complexity index is 1200. The molecule has 0 bridgehead atoms. The Hall–Kier alpha value is -2.70. The van der Waals surface area contributed by atoms with Gasteiger partial charge in [0.25, 0.3) is 11.8 Å². The highest BCUT2D eigenvalue weighted by Gasteiger charge is 2.37. The van der Waals surface area contributed by atoms with Crippen LogP contribution in [0.2, 0.25) is 5.02 Å². The second-order valence-corrected chi connectivity index (χ2v) is 10.1. The highest BCUT2D eigenvalue weighted by molar-refractivity contribution is 7.80. The van der Waals surface area contributed by atoms with Gasteiger partial charge in [0.1, 0.15) is 5.57 Å². The van der Waals surface area contributed by atoms with Crippen LogP contribution in [0.25, 0.3) is 6.08 Å². The van der Waals surface area contributed by atoms with Crippen molar-refractivity contribution < 1.29 is 9.59 Å². The molecule has 0 radical (unpaired) electrons. The summed E-state index contributed by atoms with van der Waals surface area (Å²) in [7, 11) is 2.07. The molecule has 33 heavy (non-hydrogen) atoms. The number of nitrogens with zero attached hydrogens (tertiary/aromatic N) is 2. The van der Waals surface area contributed by atoms with Gasteiger partial charge in [0.15, 0.2) is 5.11 Å². The number of para-hydroxylation sites is 1. The highest BCUT2D eigenvalue weighted by atomic mass is 35.5. The molecule has 1 atom stereocenters. The second-order valence-electron chi connectivity index (χ2n) is 9.35. The van der Waals surface area contributed by atoms with Crippen molar-refractivity contribution in [1.29, 1.82) is 0 Å². The summed E-state index contributed by atoms with van der Waals surface area (Å²) >= 11 is 12.0. The molecule has 1 saturated heterocycles. The maximum Gasteiger partial charge on any atom is 0.270 e. The van der Waals surface area contributed by atoms with Gasteiger partial charge < -0.3 is 4.90 Å². The summed E-state index contributed by atoms with van der Waals surface area (Å²) in [5.41, 5.74) is 4.53. The van der Waals surface area contributed by atoms with E-state index in [4.69, 9.17) is 23.8 Å². The van der Waals surface area contributed by atoms with E-state index in [0.717, 1.165) is 29.7 Å². The summed E-state index contributed by atoms with van der Waals surface area (Å²) < 4.78 is 0. The van der Waals surface area contributed by atoms with Gasteiger partial charge in [0, 0.05) is 23.3 Å². The molecule has 2 aromatic rings. The minimum absolute atomic E-state index is 0.00787. The van der Waals surface area contributed by atoms with Crippen molar-refractivity contribution in [1.82, 2.24) is 5.32 Å². The van der Waals surface area contributed by atoms with Gasteiger partial charge in [0.2, 0.25) is 0 Å². The molecule has 0 spiro atoms. The quantitative estimate of drug-likeness (QED) is 0.359. The van der Waals surface area contributed by atoms with Crippen molar-refractivity contribution in [2.24, 2.45) is 0 Å². The summed E-state index contributed by atoms with van der Waals surface area (Å²) in [4.78, 5) is 29.9. The van der Waals surface area contributed by atoms with E-state index in [2.05, 4.69) is 38.0 Å². The number of rotatable bonds is 3. The fourth-order valence-electron chi connectivity index (χ4n) is 4.77. The summed E-state index contributed by atoms with van der Waals surface area (Å²) in [5.74, 6) is -0.655. The first-order chi connectivity index (χ1) is 15.5. The number of hydrogen-bond donors (Lipinski definition) is 1. The molecule has 0 unspecified atom stereocenters. The first-order valence-electron chi connectivity index (χ1n) is 11.1. The Morgan fingerprint density at radius 2 is 1.91 bits per heavy atom. The first-order valence-corrected chi connectivity index (χ1v) is 11.9. The lowest BCUT2D eigenvalue weighted by Gasteiger charge is -2.45. The summed E-state index contributed by atoms with van der Waals surface area (Å²) in [6, 6.07) is 11.5. The molecule has 2 aliphatic rings. The average Bonchev–Trinajstić information content (AvgIpc) is 2.75. The van der Waals surface area contributed by atoms with E-state index in [1.54, 1.807) is 6.08 Å². The molecule has 0 aromatic heterocycles. The van der Waals surface area contributed by atoms with Crippen molar-refractivity contribution in [2.75, 3.05) is 16.8 Å². The summed E-state index contributed by atoms with van der Waals surface area (Å²) in [6.07, 6.45) is 3.30. The molecule has 1 N–H and O–H groups in total. The van der Waals surface area contributed by atoms with Gasteiger partial charge in [-0.2, -0.15) is 0 Å². The number of carbonyl (C=O) groups excluding carboxylic acids is 2. The third-order valence-corrected chi connectivity index (χ3v) is 7.38. The number of thiocarbonyl (C=S) groups is 1. The van der Waals surface area contributed by atoms with Crippen molar-refractivity contribution >= 4 is 58.2 Å². The Kier molecular flexibility index (Phi) is 6.10. The maximum atomic E-state index is 13.5. The van der Waals surface area contributed by atoms with Crippen molar-refractivity contribution in [3.63, 3.8) is 0 Å². The number of carbonyl (C=O) groups is 2. The van der Waals surface area contributed by atoms with Crippen LogP contribution in [0.5, 0.6) is 0 Å². The van der Waals surface area contributed by atoms with Crippen molar-refractivity contribution in [3.05, 3.63) is 63.7 Å². The summed E-state index contributed by atoms with van der Waals surface area (Å²) in [6.45, 7) is 8.64. The van der Waals surface area contributed by atoms with E-state index in [9.17, 15) is 9.59 Å². The van der Waals surface area contributed by atoms with Crippen LogP contribution in [0.1, 0.15) is 56.7 Å². The fourth-order valence-corrected chi connectivity index (χ4v) is 5.26. The molecule has 2 amide bonds. The predicted molar refractivity (Wildman–Crippen MR) is 139 cm³/mol. The summed E-state index contributed by atoms with van der Waals surface area (Å²) in [5, 5.41) is 3.24. The van der Waals surface area contributed by atoms with Gasteiger partial charge in [-0.1, -0.05) is 43.6 Å². The van der Waals surface area contributed by atoms with E-state index in [1.807, 2.05) is 43.3 Å². The standard InChI is InChI=1S/C26H28ClN3O2S/c1-6-16-9-7-8-10-21(16)30-24(32)19(23(31)28-25(30)33)12-17-11-18-15(2)14-26(3,4)29(5)22(18)13-20(17)27/h7-13,15H,6,14H2,1-5H3,(H,28,31,33)/b19-12+/t15-/m1/s1. The van der Waals surface area contributed by atoms with Gasteiger partial charge in [-0.15, -0.1) is 0 Å². The van der Waals surface area contributed by atoms with Crippen LogP contribution in [-0.4, -0.2) is 29.5 Å². The number of nitrogens with one attached hydrogen (secondary N) is 1. The van der Waals surface area contributed by atoms with E-state index in [0.29, 0.717) is 22.2 Å². The Labute approximate surface area is 205 Å². The largest absolute Gasteiger partial charge is 0.369 e. The van der Waals surface area contributed by atoms with E-state index < -0.39 is 11.8 Å². The third kappa shape index (κ3) is 4.06. The minimum atomic E-state index is -0.518. The molecular weight excluding hydrogens is 454 g/mol. The normalized spacial score (nSPS) is 21.3.